The molecule has 86 valence electrons. The van der Waals surface area contributed by atoms with E-state index in [-0.39, 0.29) is 11.5 Å². The van der Waals surface area contributed by atoms with Gasteiger partial charge in [0, 0.05) is 0 Å². The largest absolute Gasteiger partial charge is 0.286 e. The Balaban J connectivity index is 3.41. The summed E-state index contributed by atoms with van der Waals surface area (Å²) in [6.07, 6.45) is 1.91. The van der Waals surface area contributed by atoms with Crippen LogP contribution in [0.1, 0.15) is 25.7 Å². The minimum atomic E-state index is -3.88. The number of nitrogens with two attached hydrogens (primary N) is 1. The second-order valence-corrected chi connectivity index (χ2v) is 6.37. The van der Waals surface area contributed by atoms with Crippen LogP contribution in [0, 0.1) is 0 Å². The summed E-state index contributed by atoms with van der Waals surface area (Å²) in [6, 6.07) is 0. The van der Waals surface area contributed by atoms with Gasteiger partial charge < -0.3 is 0 Å². The number of rotatable bonds is 7. The van der Waals surface area contributed by atoms with Crippen molar-refractivity contribution in [1.82, 2.24) is 0 Å². The van der Waals surface area contributed by atoms with Gasteiger partial charge in [0.25, 0.3) is 10.1 Å². The summed E-state index contributed by atoms with van der Waals surface area (Å²) in [5.41, 5.74) is 0. The molecule has 0 aromatic heterocycles. The molecule has 0 aliphatic rings. The normalized spacial score (nSPS) is 13.0. The van der Waals surface area contributed by atoms with Crippen LogP contribution in [0.4, 0.5) is 0 Å². The van der Waals surface area contributed by atoms with Gasteiger partial charge in [0.2, 0.25) is 10.0 Å². The zero-order valence-electron chi connectivity index (χ0n) is 7.72. The molecule has 0 aliphatic heterocycles. The van der Waals surface area contributed by atoms with E-state index in [1.807, 2.05) is 0 Å². The number of unbranched alkanes of at least 4 members (excludes halogenated alkanes) is 3. The van der Waals surface area contributed by atoms with Crippen molar-refractivity contribution in [3.05, 3.63) is 0 Å². The van der Waals surface area contributed by atoms with Gasteiger partial charge in [0.15, 0.2) is 0 Å². The molecule has 0 spiro atoms. The molecule has 0 radical (unpaired) electrons. The molecule has 0 rings (SSSR count). The average molecular weight is 245 g/mol. The van der Waals surface area contributed by atoms with Gasteiger partial charge in [-0.1, -0.05) is 12.8 Å². The fourth-order valence-corrected chi connectivity index (χ4v) is 2.12. The van der Waals surface area contributed by atoms with Crippen molar-refractivity contribution >= 4 is 20.1 Å². The second-order valence-electron chi connectivity index (χ2n) is 3.07. The highest BCUT2D eigenvalue weighted by molar-refractivity contribution is 7.89. The van der Waals surface area contributed by atoms with Crippen molar-refractivity contribution in [2.45, 2.75) is 25.7 Å². The van der Waals surface area contributed by atoms with Crippen molar-refractivity contribution in [2.24, 2.45) is 5.14 Å². The maximum absolute atomic E-state index is 10.5. The number of sulfonamides is 1. The smallest absolute Gasteiger partial charge is 0.264 e. The number of primary sulfonamides is 1. The SMILES string of the molecule is NS(=O)(=O)CCCCCCS(=O)(=O)O. The van der Waals surface area contributed by atoms with Crippen LogP contribution in [0.3, 0.4) is 0 Å². The second kappa shape index (κ2) is 5.64. The summed E-state index contributed by atoms with van der Waals surface area (Å²) in [7, 11) is -7.29. The highest BCUT2D eigenvalue weighted by atomic mass is 32.2. The molecule has 0 aliphatic carbocycles. The lowest BCUT2D eigenvalue weighted by atomic mass is 10.2. The van der Waals surface area contributed by atoms with Crippen LogP contribution in [0.15, 0.2) is 0 Å². The molecule has 0 amide bonds. The Hall–Kier alpha value is -0.180. The minimum absolute atomic E-state index is 0.0844. The predicted molar refractivity (Wildman–Crippen MR) is 52.9 cm³/mol. The van der Waals surface area contributed by atoms with Crippen molar-refractivity contribution < 1.29 is 21.4 Å². The van der Waals surface area contributed by atoms with Crippen LogP contribution in [-0.4, -0.2) is 32.9 Å². The van der Waals surface area contributed by atoms with E-state index in [4.69, 9.17) is 9.69 Å². The van der Waals surface area contributed by atoms with Gasteiger partial charge in [-0.3, -0.25) is 4.55 Å². The zero-order valence-corrected chi connectivity index (χ0v) is 9.35. The molecule has 0 unspecified atom stereocenters. The fraction of sp³-hybridized carbons (Fsp3) is 1.00. The Morgan fingerprint density at radius 1 is 0.857 bits per heavy atom. The molecule has 0 atom stereocenters. The van der Waals surface area contributed by atoms with Gasteiger partial charge in [-0.2, -0.15) is 8.42 Å². The van der Waals surface area contributed by atoms with Crippen molar-refractivity contribution in [1.29, 1.82) is 0 Å². The summed E-state index contributed by atoms with van der Waals surface area (Å²) in [5.74, 6) is -0.360. The Morgan fingerprint density at radius 2 is 1.29 bits per heavy atom. The lowest BCUT2D eigenvalue weighted by Crippen LogP contribution is -2.16. The van der Waals surface area contributed by atoms with Crippen LogP contribution in [0.2, 0.25) is 0 Å². The summed E-state index contributed by atoms with van der Waals surface area (Å²) in [5, 5.41) is 4.76. The first-order chi connectivity index (χ1) is 6.21. The van der Waals surface area contributed by atoms with Gasteiger partial charge in [-0.25, -0.2) is 13.6 Å². The quantitative estimate of drug-likeness (QED) is 0.473. The summed E-state index contributed by atoms with van der Waals surface area (Å²) in [4.78, 5) is 0. The fourth-order valence-electron chi connectivity index (χ4n) is 0.941. The third-order valence-electron chi connectivity index (χ3n) is 1.58. The van der Waals surface area contributed by atoms with Gasteiger partial charge in [-0.05, 0) is 12.8 Å². The molecule has 0 saturated carbocycles. The van der Waals surface area contributed by atoms with Crippen molar-refractivity contribution in [3.63, 3.8) is 0 Å². The molecule has 14 heavy (non-hydrogen) atoms. The van der Waals surface area contributed by atoms with Crippen LogP contribution >= 0.6 is 0 Å². The number of hydrogen-bond donors (Lipinski definition) is 2. The molecule has 0 aromatic carbocycles. The van der Waals surface area contributed by atoms with Crippen molar-refractivity contribution in [3.8, 4) is 0 Å². The molecule has 3 N–H and O–H groups in total. The molecule has 0 fully saturated rings. The predicted octanol–water partition coefficient (Wildman–Crippen LogP) is -0.277. The first-order valence-corrected chi connectivity index (χ1v) is 7.49. The molecular weight excluding hydrogens is 230 g/mol. The van der Waals surface area contributed by atoms with E-state index in [1.165, 1.54) is 0 Å². The van der Waals surface area contributed by atoms with Crippen LogP contribution in [-0.2, 0) is 20.1 Å². The van der Waals surface area contributed by atoms with Gasteiger partial charge in [-0.15, -0.1) is 0 Å². The molecule has 0 bridgehead atoms. The Labute approximate surface area is 84.3 Å². The third-order valence-corrected chi connectivity index (χ3v) is 3.24. The van der Waals surface area contributed by atoms with E-state index >= 15 is 0 Å². The van der Waals surface area contributed by atoms with Gasteiger partial charge in [0.05, 0.1) is 11.5 Å². The standard InChI is InChI=1S/C6H15NO5S2/c7-13(8,9)5-3-1-2-4-6-14(10,11)12/h1-6H2,(H2,7,8,9)(H,10,11,12). The minimum Gasteiger partial charge on any atom is -0.286 e. The lowest BCUT2D eigenvalue weighted by Gasteiger charge is -1.99. The number of hydrogen-bond acceptors (Lipinski definition) is 4. The summed E-state index contributed by atoms with van der Waals surface area (Å²) >= 11 is 0. The molecule has 6 nitrogen and oxygen atoms in total. The highest BCUT2D eigenvalue weighted by Gasteiger charge is 2.04. The van der Waals surface area contributed by atoms with Crippen molar-refractivity contribution in [2.75, 3.05) is 11.5 Å². The van der Waals surface area contributed by atoms with E-state index in [0.717, 1.165) is 0 Å². The monoisotopic (exact) mass is 245 g/mol. The Kier molecular flexibility index (Phi) is 5.57. The van der Waals surface area contributed by atoms with Gasteiger partial charge >= 0.3 is 0 Å². The van der Waals surface area contributed by atoms with Crippen LogP contribution < -0.4 is 5.14 Å². The summed E-state index contributed by atoms with van der Waals surface area (Å²) < 4.78 is 49.8. The maximum atomic E-state index is 10.5. The Morgan fingerprint density at radius 3 is 1.64 bits per heavy atom. The van der Waals surface area contributed by atoms with Crippen LogP contribution in [0.25, 0.3) is 0 Å². The molecule has 0 heterocycles. The lowest BCUT2D eigenvalue weighted by molar-refractivity contribution is 0.479. The van der Waals surface area contributed by atoms with E-state index in [2.05, 4.69) is 0 Å². The molecule has 0 aromatic rings. The van der Waals surface area contributed by atoms with E-state index in [1.54, 1.807) is 0 Å². The average Bonchev–Trinajstić information content (AvgIpc) is 1.92. The Bertz CT molecular complexity index is 308. The maximum Gasteiger partial charge on any atom is 0.264 e. The van der Waals surface area contributed by atoms with E-state index in [9.17, 15) is 16.8 Å². The highest BCUT2D eigenvalue weighted by Crippen LogP contribution is 2.02. The zero-order chi connectivity index (χ0) is 11.2. The summed E-state index contributed by atoms with van der Waals surface area (Å²) in [6.45, 7) is 0. The third kappa shape index (κ3) is 11.8. The van der Waals surface area contributed by atoms with Gasteiger partial charge in [0.1, 0.15) is 0 Å². The molecule has 0 saturated heterocycles. The van der Waals surface area contributed by atoms with E-state index in [0.29, 0.717) is 25.7 Å². The first kappa shape index (κ1) is 13.8. The molecule has 8 heteroatoms. The topological polar surface area (TPSA) is 115 Å². The van der Waals surface area contributed by atoms with Crippen LogP contribution in [0.5, 0.6) is 0 Å². The van der Waals surface area contributed by atoms with E-state index < -0.39 is 20.1 Å². The molecular formula is C6H15NO5S2. The first-order valence-electron chi connectivity index (χ1n) is 4.16.